The van der Waals surface area contributed by atoms with Crippen LogP contribution in [0.3, 0.4) is 0 Å². The van der Waals surface area contributed by atoms with E-state index in [-0.39, 0.29) is 22.9 Å². The summed E-state index contributed by atoms with van der Waals surface area (Å²) in [5.41, 5.74) is 4.03. The molecule has 4 aromatic rings. The summed E-state index contributed by atoms with van der Waals surface area (Å²) < 4.78 is 0. The fraction of sp³-hybridized carbons (Fsp3) is 0.147. The molecule has 0 atom stereocenters. The summed E-state index contributed by atoms with van der Waals surface area (Å²) >= 11 is 2.89. The molecule has 1 amide bonds. The normalized spacial score (nSPS) is 12.5. The third kappa shape index (κ3) is 5.55. The fourth-order valence-corrected chi connectivity index (χ4v) is 6.52. The highest BCUT2D eigenvalue weighted by molar-refractivity contribution is 7.99. The molecular weight excluding hydrogens is 535 g/mol. The second-order valence-corrected chi connectivity index (χ2v) is 13.0. The van der Waals surface area contributed by atoms with Gasteiger partial charge < -0.3 is 5.32 Å². The molecule has 0 bridgehead atoms. The summed E-state index contributed by atoms with van der Waals surface area (Å²) in [5.74, 6) is -0.565. The van der Waals surface area contributed by atoms with Gasteiger partial charge in [-0.1, -0.05) is 93.3 Å². The highest BCUT2D eigenvalue weighted by Crippen LogP contribution is 2.41. The number of hydrogen-bond donors (Lipinski definition) is 1. The van der Waals surface area contributed by atoms with Crippen LogP contribution in [-0.2, 0) is 10.2 Å². The zero-order valence-corrected chi connectivity index (χ0v) is 24.5. The van der Waals surface area contributed by atoms with Crippen LogP contribution in [0.2, 0.25) is 0 Å². The number of carbonyl (C=O) groups excluding carboxylic acids is 3. The van der Waals surface area contributed by atoms with Crippen molar-refractivity contribution >= 4 is 46.7 Å². The fourth-order valence-electron chi connectivity index (χ4n) is 4.50. The van der Waals surface area contributed by atoms with Crippen LogP contribution in [0.25, 0.3) is 0 Å². The summed E-state index contributed by atoms with van der Waals surface area (Å²) in [6.45, 7) is 11.9. The predicted octanol–water partition coefficient (Wildman–Crippen LogP) is 8.58. The number of anilines is 1. The van der Waals surface area contributed by atoms with Crippen LogP contribution < -0.4 is 5.32 Å². The van der Waals surface area contributed by atoms with Crippen molar-refractivity contribution in [2.24, 2.45) is 0 Å². The molecule has 0 aliphatic heterocycles. The topological polar surface area (TPSA) is 63.2 Å². The van der Waals surface area contributed by atoms with Gasteiger partial charge in [-0.15, -0.1) is 0 Å². The molecule has 200 valence electrons. The Labute approximate surface area is 243 Å². The number of rotatable bonds is 6. The van der Waals surface area contributed by atoms with E-state index in [9.17, 15) is 14.4 Å². The maximum atomic E-state index is 13.9. The van der Waals surface area contributed by atoms with Crippen molar-refractivity contribution in [3.05, 3.63) is 125 Å². The van der Waals surface area contributed by atoms with Gasteiger partial charge in [-0.2, -0.15) is 0 Å². The Balaban J connectivity index is 1.46. The molecule has 4 aromatic carbocycles. The standard InChI is InChI=1S/C34H29NO3S2/c1-20(2)33(38)35-22-9-6-10-24(19-22)40-28-14-8-12-26-30(28)32(37)25-11-7-13-27(29(25)31(26)36)39-23-17-15-21(16-18-23)34(3,4)5/h6-19H,1H2,2-5H3,(H,35,38). The maximum absolute atomic E-state index is 13.9. The molecule has 0 unspecified atom stereocenters. The van der Waals surface area contributed by atoms with Crippen molar-refractivity contribution in [1.29, 1.82) is 0 Å². The van der Waals surface area contributed by atoms with E-state index in [1.807, 2.05) is 42.5 Å². The highest BCUT2D eigenvalue weighted by Gasteiger charge is 2.33. The minimum atomic E-state index is -0.254. The molecule has 4 nitrogen and oxygen atoms in total. The van der Waals surface area contributed by atoms with Crippen molar-refractivity contribution < 1.29 is 14.4 Å². The first-order valence-corrected chi connectivity index (χ1v) is 14.5. The van der Waals surface area contributed by atoms with Crippen LogP contribution >= 0.6 is 23.5 Å². The van der Waals surface area contributed by atoms with Crippen LogP contribution in [0.5, 0.6) is 0 Å². The van der Waals surface area contributed by atoms with E-state index < -0.39 is 0 Å². The Morgan fingerprint density at radius 2 is 1.25 bits per heavy atom. The van der Waals surface area contributed by atoms with Crippen LogP contribution in [-0.4, -0.2) is 17.5 Å². The van der Waals surface area contributed by atoms with Crippen molar-refractivity contribution in [1.82, 2.24) is 0 Å². The summed E-state index contributed by atoms with van der Waals surface area (Å²) in [6.07, 6.45) is 0. The van der Waals surface area contributed by atoms with Gasteiger partial charge in [-0.25, -0.2) is 0 Å². The number of carbonyl (C=O) groups is 3. The molecule has 40 heavy (non-hydrogen) atoms. The zero-order chi connectivity index (χ0) is 28.6. The van der Waals surface area contributed by atoms with Gasteiger partial charge >= 0.3 is 0 Å². The van der Waals surface area contributed by atoms with Gasteiger partial charge in [-0.05, 0) is 60.4 Å². The first-order valence-electron chi connectivity index (χ1n) is 12.9. The molecule has 0 saturated heterocycles. The van der Waals surface area contributed by atoms with Gasteiger partial charge in [-0.3, -0.25) is 14.4 Å². The van der Waals surface area contributed by atoms with E-state index in [0.717, 1.165) is 14.7 Å². The second kappa shape index (κ2) is 11.0. The average molecular weight is 564 g/mol. The molecular formula is C34H29NO3S2. The van der Waals surface area contributed by atoms with E-state index in [0.29, 0.717) is 38.4 Å². The van der Waals surface area contributed by atoms with Gasteiger partial charge in [0.15, 0.2) is 11.6 Å². The summed E-state index contributed by atoms with van der Waals surface area (Å²) in [4.78, 5) is 43.1. The van der Waals surface area contributed by atoms with Crippen LogP contribution in [0.15, 0.2) is 117 Å². The number of amides is 1. The van der Waals surface area contributed by atoms with Crippen molar-refractivity contribution in [3.8, 4) is 0 Å². The maximum Gasteiger partial charge on any atom is 0.250 e. The molecule has 1 N–H and O–H groups in total. The molecule has 0 spiro atoms. The van der Waals surface area contributed by atoms with E-state index in [2.05, 4.69) is 56.9 Å². The van der Waals surface area contributed by atoms with Crippen LogP contribution in [0.1, 0.15) is 65.1 Å². The first-order chi connectivity index (χ1) is 19.0. The number of fused-ring (bicyclic) bond motifs is 2. The third-order valence-electron chi connectivity index (χ3n) is 6.65. The molecule has 0 heterocycles. The lowest BCUT2D eigenvalue weighted by atomic mass is 9.84. The molecule has 0 aromatic heterocycles. The molecule has 1 aliphatic carbocycles. The molecule has 6 heteroatoms. The second-order valence-electron chi connectivity index (χ2n) is 10.8. The van der Waals surface area contributed by atoms with E-state index >= 15 is 0 Å². The van der Waals surface area contributed by atoms with Gasteiger partial charge in [0.05, 0.1) is 0 Å². The summed E-state index contributed by atoms with van der Waals surface area (Å²) in [6, 6.07) is 26.6. The van der Waals surface area contributed by atoms with Gasteiger partial charge in [0, 0.05) is 53.1 Å². The third-order valence-corrected chi connectivity index (χ3v) is 8.77. The minimum Gasteiger partial charge on any atom is -0.322 e. The van der Waals surface area contributed by atoms with E-state index in [4.69, 9.17) is 0 Å². The number of nitrogens with one attached hydrogen (secondary N) is 1. The van der Waals surface area contributed by atoms with Crippen molar-refractivity contribution in [3.63, 3.8) is 0 Å². The smallest absolute Gasteiger partial charge is 0.250 e. The molecule has 1 aliphatic rings. The van der Waals surface area contributed by atoms with Crippen molar-refractivity contribution in [2.45, 2.75) is 52.7 Å². The monoisotopic (exact) mass is 563 g/mol. The quantitative estimate of drug-likeness (QED) is 0.210. The average Bonchev–Trinajstić information content (AvgIpc) is 2.91. The lowest BCUT2D eigenvalue weighted by Gasteiger charge is -2.22. The Kier molecular flexibility index (Phi) is 7.58. The molecule has 5 rings (SSSR count). The van der Waals surface area contributed by atoms with Crippen LogP contribution in [0, 0.1) is 0 Å². The number of ketones is 2. The Morgan fingerprint density at radius 1 is 0.725 bits per heavy atom. The number of hydrogen-bond acceptors (Lipinski definition) is 5. The molecule has 0 radical (unpaired) electrons. The summed E-state index contributed by atoms with van der Waals surface area (Å²) in [7, 11) is 0. The van der Waals surface area contributed by atoms with Crippen molar-refractivity contribution in [2.75, 3.05) is 5.32 Å². The van der Waals surface area contributed by atoms with Gasteiger partial charge in [0.1, 0.15) is 0 Å². The summed E-state index contributed by atoms with van der Waals surface area (Å²) in [5, 5.41) is 2.82. The number of benzene rings is 4. The lowest BCUT2D eigenvalue weighted by molar-refractivity contribution is -0.112. The van der Waals surface area contributed by atoms with E-state index in [1.165, 1.54) is 29.1 Å². The van der Waals surface area contributed by atoms with E-state index in [1.54, 1.807) is 25.1 Å². The minimum absolute atomic E-state index is 0.0524. The first kappa shape index (κ1) is 27.7. The van der Waals surface area contributed by atoms with Gasteiger partial charge in [0.2, 0.25) is 0 Å². The highest BCUT2D eigenvalue weighted by atomic mass is 32.2. The predicted molar refractivity (Wildman–Crippen MR) is 163 cm³/mol. The largest absolute Gasteiger partial charge is 0.322 e. The molecule has 0 fully saturated rings. The molecule has 0 saturated carbocycles. The Hall–Kier alpha value is -3.87. The lowest BCUT2D eigenvalue weighted by Crippen LogP contribution is -2.22. The zero-order valence-electron chi connectivity index (χ0n) is 22.8. The Bertz CT molecular complexity index is 1680. The SMILES string of the molecule is C=C(C)C(=O)Nc1cccc(Sc2cccc3c2C(=O)c2cccc(Sc4ccc(C(C)(C)C)cc4)c2C3=O)c1. The van der Waals surface area contributed by atoms with Gasteiger partial charge in [0.25, 0.3) is 5.91 Å². The Morgan fingerprint density at radius 3 is 1.77 bits per heavy atom. The van der Waals surface area contributed by atoms with Crippen LogP contribution in [0.4, 0.5) is 5.69 Å².